The van der Waals surface area contributed by atoms with Crippen LogP contribution >= 0.6 is 15.9 Å². The molecule has 0 aliphatic carbocycles. The van der Waals surface area contributed by atoms with E-state index in [1.807, 2.05) is 12.1 Å². The van der Waals surface area contributed by atoms with Crippen LogP contribution in [0.15, 0.2) is 22.7 Å². The minimum absolute atomic E-state index is 0.855. The molecule has 15 heavy (non-hydrogen) atoms. The van der Waals surface area contributed by atoms with Gasteiger partial charge in [-0.1, -0.05) is 22.9 Å². The van der Waals surface area contributed by atoms with Gasteiger partial charge in [0.2, 0.25) is 0 Å². The molecule has 1 aromatic rings. The second-order valence-electron chi connectivity index (χ2n) is 4.00. The molecule has 3 heteroatoms. The van der Waals surface area contributed by atoms with Gasteiger partial charge < -0.3 is 9.64 Å². The molecule has 0 radical (unpaired) electrons. The molecule has 82 valence electrons. The molecule has 0 unspecified atom stereocenters. The van der Waals surface area contributed by atoms with Crippen LogP contribution in [0.2, 0.25) is 0 Å². The van der Waals surface area contributed by atoms with Crippen LogP contribution in [-0.2, 0) is 0 Å². The topological polar surface area (TPSA) is 12.5 Å². The number of rotatable bonds is 3. The summed E-state index contributed by atoms with van der Waals surface area (Å²) in [5, 5.41) is 0. The standard InChI is InChI=1S/C12H16BrNO/c1-3-9-7-14(8-9)11-6-10(13)4-5-12(11)15-2/h4-6,9H,3,7-8H2,1-2H3. The molecule has 0 atom stereocenters. The van der Waals surface area contributed by atoms with Gasteiger partial charge in [0.1, 0.15) is 5.75 Å². The molecular weight excluding hydrogens is 254 g/mol. The van der Waals surface area contributed by atoms with Gasteiger partial charge in [-0.15, -0.1) is 0 Å². The summed E-state index contributed by atoms with van der Waals surface area (Å²) in [7, 11) is 1.73. The molecule has 0 aromatic heterocycles. The summed E-state index contributed by atoms with van der Waals surface area (Å²) in [4.78, 5) is 2.37. The number of nitrogens with zero attached hydrogens (tertiary/aromatic N) is 1. The van der Waals surface area contributed by atoms with Crippen LogP contribution in [0.4, 0.5) is 5.69 Å². The van der Waals surface area contributed by atoms with E-state index < -0.39 is 0 Å². The first-order valence-electron chi connectivity index (χ1n) is 5.33. The lowest BCUT2D eigenvalue weighted by Crippen LogP contribution is -2.46. The molecule has 2 nitrogen and oxygen atoms in total. The number of anilines is 1. The van der Waals surface area contributed by atoms with E-state index >= 15 is 0 Å². The molecule has 1 aromatic carbocycles. The van der Waals surface area contributed by atoms with Crippen molar-refractivity contribution in [2.24, 2.45) is 5.92 Å². The van der Waals surface area contributed by atoms with Gasteiger partial charge in [-0.05, 0) is 30.5 Å². The van der Waals surface area contributed by atoms with Gasteiger partial charge in [0, 0.05) is 17.6 Å². The van der Waals surface area contributed by atoms with Crippen molar-refractivity contribution in [2.75, 3.05) is 25.1 Å². The van der Waals surface area contributed by atoms with Gasteiger partial charge in [-0.3, -0.25) is 0 Å². The van der Waals surface area contributed by atoms with Crippen LogP contribution in [0, 0.1) is 5.92 Å². The molecule has 1 heterocycles. The van der Waals surface area contributed by atoms with Crippen molar-refractivity contribution in [3.05, 3.63) is 22.7 Å². The van der Waals surface area contributed by atoms with Crippen LogP contribution < -0.4 is 9.64 Å². The van der Waals surface area contributed by atoms with Crippen molar-refractivity contribution in [1.29, 1.82) is 0 Å². The van der Waals surface area contributed by atoms with E-state index in [0.717, 1.165) is 29.2 Å². The normalized spacial score (nSPS) is 16.3. The monoisotopic (exact) mass is 269 g/mol. The first-order chi connectivity index (χ1) is 7.24. The van der Waals surface area contributed by atoms with Gasteiger partial charge in [-0.25, -0.2) is 0 Å². The molecule has 0 N–H and O–H groups in total. The fourth-order valence-corrected chi connectivity index (χ4v) is 2.28. The summed E-state index contributed by atoms with van der Waals surface area (Å²) in [5.41, 5.74) is 1.21. The van der Waals surface area contributed by atoms with E-state index in [0.29, 0.717) is 0 Å². The summed E-state index contributed by atoms with van der Waals surface area (Å²) in [5.74, 6) is 1.82. The summed E-state index contributed by atoms with van der Waals surface area (Å²) in [6.45, 7) is 4.56. The van der Waals surface area contributed by atoms with Gasteiger partial charge in [0.25, 0.3) is 0 Å². The Hall–Kier alpha value is -0.700. The van der Waals surface area contributed by atoms with Crippen LogP contribution in [0.5, 0.6) is 5.75 Å². The molecule has 1 aliphatic heterocycles. The van der Waals surface area contributed by atoms with Crippen LogP contribution in [-0.4, -0.2) is 20.2 Å². The Labute approximate surface area is 99.4 Å². The SMILES string of the molecule is CCC1CN(c2cc(Br)ccc2OC)C1. The lowest BCUT2D eigenvalue weighted by atomic mass is 9.96. The number of ether oxygens (including phenoxy) is 1. The minimum atomic E-state index is 0.855. The summed E-state index contributed by atoms with van der Waals surface area (Å²) in [6.07, 6.45) is 1.27. The molecule has 2 rings (SSSR count). The van der Waals surface area contributed by atoms with Gasteiger partial charge in [0.15, 0.2) is 0 Å². The molecule has 0 saturated carbocycles. The van der Waals surface area contributed by atoms with Crippen LogP contribution in [0.25, 0.3) is 0 Å². The van der Waals surface area contributed by atoms with Gasteiger partial charge >= 0.3 is 0 Å². The molecule has 1 aliphatic rings. The van der Waals surface area contributed by atoms with Crippen LogP contribution in [0.3, 0.4) is 0 Å². The van der Waals surface area contributed by atoms with Crippen molar-refractivity contribution in [1.82, 2.24) is 0 Å². The molecule has 0 amide bonds. The Kier molecular flexibility index (Phi) is 3.19. The first-order valence-corrected chi connectivity index (χ1v) is 6.12. The highest BCUT2D eigenvalue weighted by molar-refractivity contribution is 9.10. The Morgan fingerprint density at radius 3 is 2.80 bits per heavy atom. The lowest BCUT2D eigenvalue weighted by molar-refractivity contribution is 0.380. The van der Waals surface area contributed by atoms with Crippen molar-refractivity contribution in [3.63, 3.8) is 0 Å². The third-order valence-corrected chi connectivity index (χ3v) is 3.51. The maximum Gasteiger partial charge on any atom is 0.142 e. The average Bonchev–Trinajstić information content (AvgIpc) is 2.16. The predicted octanol–water partition coefficient (Wildman–Crippen LogP) is 3.30. The average molecular weight is 270 g/mol. The van der Waals surface area contributed by atoms with E-state index in [-0.39, 0.29) is 0 Å². The van der Waals surface area contributed by atoms with Crippen molar-refractivity contribution < 1.29 is 4.74 Å². The Balaban J connectivity index is 2.17. The van der Waals surface area contributed by atoms with E-state index in [1.165, 1.54) is 12.1 Å². The number of methoxy groups -OCH3 is 1. The van der Waals surface area contributed by atoms with Crippen molar-refractivity contribution in [3.8, 4) is 5.75 Å². The number of benzene rings is 1. The molecular formula is C12H16BrNO. The maximum absolute atomic E-state index is 5.36. The zero-order valence-corrected chi connectivity index (χ0v) is 10.8. The largest absolute Gasteiger partial charge is 0.495 e. The fraction of sp³-hybridized carbons (Fsp3) is 0.500. The summed E-state index contributed by atoms with van der Waals surface area (Å²) in [6, 6.07) is 6.16. The zero-order valence-electron chi connectivity index (χ0n) is 9.16. The Morgan fingerprint density at radius 2 is 2.20 bits per heavy atom. The zero-order chi connectivity index (χ0) is 10.8. The molecule has 1 fully saturated rings. The number of hydrogen-bond acceptors (Lipinski definition) is 2. The number of halogens is 1. The van der Waals surface area contributed by atoms with E-state index in [9.17, 15) is 0 Å². The lowest BCUT2D eigenvalue weighted by Gasteiger charge is -2.41. The van der Waals surface area contributed by atoms with Crippen molar-refractivity contribution in [2.45, 2.75) is 13.3 Å². The summed E-state index contributed by atoms with van der Waals surface area (Å²) >= 11 is 3.50. The highest BCUT2D eigenvalue weighted by atomic mass is 79.9. The summed E-state index contributed by atoms with van der Waals surface area (Å²) < 4.78 is 6.47. The Morgan fingerprint density at radius 1 is 1.47 bits per heavy atom. The van der Waals surface area contributed by atoms with Crippen LogP contribution in [0.1, 0.15) is 13.3 Å². The second-order valence-corrected chi connectivity index (χ2v) is 4.91. The molecule has 0 bridgehead atoms. The quantitative estimate of drug-likeness (QED) is 0.835. The van der Waals surface area contributed by atoms with E-state index in [2.05, 4.69) is 33.8 Å². The minimum Gasteiger partial charge on any atom is -0.495 e. The van der Waals surface area contributed by atoms with E-state index in [4.69, 9.17) is 4.74 Å². The third-order valence-electron chi connectivity index (χ3n) is 3.02. The highest BCUT2D eigenvalue weighted by Gasteiger charge is 2.27. The van der Waals surface area contributed by atoms with E-state index in [1.54, 1.807) is 7.11 Å². The molecule has 1 saturated heterocycles. The Bertz CT molecular complexity index is 347. The molecule has 0 spiro atoms. The van der Waals surface area contributed by atoms with Crippen molar-refractivity contribution >= 4 is 21.6 Å². The third kappa shape index (κ3) is 2.12. The first kappa shape index (κ1) is 10.8. The maximum atomic E-state index is 5.36. The second kappa shape index (κ2) is 4.44. The van der Waals surface area contributed by atoms with Gasteiger partial charge in [-0.2, -0.15) is 0 Å². The smallest absolute Gasteiger partial charge is 0.142 e. The highest BCUT2D eigenvalue weighted by Crippen LogP contribution is 2.35. The number of hydrogen-bond donors (Lipinski definition) is 0. The predicted molar refractivity (Wildman–Crippen MR) is 66.7 cm³/mol. The van der Waals surface area contributed by atoms with Gasteiger partial charge in [0.05, 0.1) is 12.8 Å². The fourth-order valence-electron chi connectivity index (χ4n) is 1.94.